The van der Waals surface area contributed by atoms with Crippen molar-refractivity contribution in [3.63, 3.8) is 0 Å². The first-order valence-corrected chi connectivity index (χ1v) is 8.14. The van der Waals surface area contributed by atoms with E-state index in [2.05, 4.69) is 24.1 Å². The van der Waals surface area contributed by atoms with Gasteiger partial charge in [0.05, 0.1) is 0 Å². The summed E-state index contributed by atoms with van der Waals surface area (Å²) in [7, 11) is 1.69. The molecule has 4 nitrogen and oxygen atoms in total. The maximum absolute atomic E-state index is 12.9. The Labute approximate surface area is 123 Å². The molecule has 2 fully saturated rings. The number of hydrogen-bond acceptors (Lipinski definition) is 3. The zero-order valence-electron chi connectivity index (χ0n) is 13.3. The fraction of sp³-hybridized carbons (Fsp3) is 0.938. The lowest BCUT2D eigenvalue weighted by molar-refractivity contribution is -0.158. The molecule has 0 aromatic rings. The number of methoxy groups -OCH3 is 1. The number of rotatable bonds is 3. The molecule has 0 aromatic carbocycles. The van der Waals surface area contributed by atoms with E-state index in [1.165, 1.54) is 6.42 Å². The van der Waals surface area contributed by atoms with Gasteiger partial charge in [-0.3, -0.25) is 4.79 Å². The van der Waals surface area contributed by atoms with Crippen LogP contribution in [0.25, 0.3) is 0 Å². The lowest BCUT2D eigenvalue weighted by Crippen LogP contribution is -2.55. The molecule has 1 amide bonds. The van der Waals surface area contributed by atoms with Crippen molar-refractivity contribution in [2.75, 3.05) is 33.3 Å². The van der Waals surface area contributed by atoms with E-state index in [0.717, 1.165) is 63.7 Å². The second kappa shape index (κ2) is 6.90. The first kappa shape index (κ1) is 15.8. The van der Waals surface area contributed by atoms with Crippen LogP contribution in [0.4, 0.5) is 0 Å². The van der Waals surface area contributed by atoms with Crippen LogP contribution in [0.1, 0.15) is 46.0 Å². The molecule has 0 aliphatic carbocycles. The van der Waals surface area contributed by atoms with E-state index in [1.54, 1.807) is 7.11 Å². The van der Waals surface area contributed by atoms with Gasteiger partial charge in [0.25, 0.3) is 5.91 Å². The summed E-state index contributed by atoms with van der Waals surface area (Å²) < 4.78 is 5.68. The smallest absolute Gasteiger partial charge is 0.254 e. The average Bonchev–Trinajstić information content (AvgIpc) is 2.73. The highest BCUT2D eigenvalue weighted by atomic mass is 16.5. The van der Waals surface area contributed by atoms with Crippen molar-refractivity contribution in [3.05, 3.63) is 0 Å². The zero-order chi connectivity index (χ0) is 14.6. The van der Waals surface area contributed by atoms with Gasteiger partial charge in [0.15, 0.2) is 0 Å². The van der Waals surface area contributed by atoms with Crippen molar-refractivity contribution >= 4 is 5.91 Å². The molecule has 2 heterocycles. The highest BCUT2D eigenvalue weighted by Crippen LogP contribution is 2.29. The van der Waals surface area contributed by atoms with E-state index >= 15 is 0 Å². The van der Waals surface area contributed by atoms with E-state index in [0.29, 0.717) is 0 Å². The molecule has 20 heavy (non-hydrogen) atoms. The molecule has 4 heteroatoms. The predicted molar refractivity (Wildman–Crippen MR) is 80.6 cm³/mol. The number of nitrogens with one attached hydrogen (secondary N) is 1. The van der Waals surface area contributed by atoms with Crippen LogP contribution >= 0.6 is 0 Å². The third-order valence-electron chi connectivity index (χ3n) is 5.19. The van der Waals surface area contributed by atoms with Crippen molar-refractivity contribution in [2.45, 2.75) is 51.6 Å². The van der Waals surface area contributed by atoms with E-state index in [4.69, 9.17) is 4.74 Å². The van der Waals surface area contributed by atoms with E-state index in [1.807, 2.05) is 0 Å². The summed E-state index contributed by atoms with van der Waals surface area (Å²) in [6.07, 6.45) is 5.12. The van der Waals surface area contributed by atoms with Crippen molar-refractivity contribution in [3.8, 4) is 0 Å². The highest BCUT2D eigenvalue weighted by Gasteiger charge is 2.42. The molecule has 1 N–H and O–H groups in total. The Morgan fingerprint density at radius 2 is 1.95 bits per heavy atom. The number of hydrogen-bond donors (Lipinski definition) is 1. The minimum atomic E-state index is -0.567. The van der Waals surface area contributed by atoms with Crippen LogP contribution in [-0.4, -0.2) is 49.7 Å². The molecule has 0 bridgehead atoms. The quantitative estimate of drug-likeness (QED) is 0.861. The van der Waals surface area contributed by atoms with Crippen LogP contribution in [0, 0.1) is 11.8 Å². The Kier molecular flexibility index (Phi) is 5.44. The Morgan fingerprint density at radius 1 is 1.25 bits per heavy atom. The molecule has 2 aliphatic rings. The predicted octanol–water partition coefficient (Wildman–Crippen LogP) is 2.04. The number of carbonyl (C=O) groups is 1. The van der Waals surface area contributed by atoms with Crippen LogP contribution in [-0.2, 0) is 9.53 Å². The first-order chi connectivity index (χ1) is 9.59. The number of amides is 1. The summed E-state index contributed by atoms with van der Waals surface area (Å²) in [5.74, 6) is 1.71. The number of carbonyl (C=O) groups excluding carboxylic acids is 1. The van der Waals surface area contributed by atoms with Crippen molar-refractivity contribution < 1.29 is 9.53 Å². The number of piperidine rings is 1. The highest BCUT2D eigenvalue weighted by molar-refractivity contribution is 5.85. The standard InChI is InChI=1S/C16H30N2O2/c1-13(2)14-5-4-11-18(12-6-14)15(19)16(20-3)7-9-17-10-8-16/h13-14,17H,4-12H2,1-3H3. The molecule has 2 rings (SSSR count). The van der Waals surface area contributed by atoms with Crippen LogP contribution in [0.15, 0.2) is 0 Å². The molecule has 116 valence electrons. The monoisotopic (exact) mass is 282 g/mol. The molecule has 2 aliphatic heterocycles. The molecule has 2 saturated heterocycles. The minimum Gasteiger partial charge on any atom is -0.368 e. The number of nitrogens with zero attached hydrogens (tertiary/aromatic N) is 1. The minimum absolute atomic E-state index is 0.228. The fourth-order valence-electron chi connectivity index (χ4n) is 3.62. The Morgan fingerprint density at radius 3 is 2.55 bits per heavy atom. The molecule has 0 spiro atoms. The summed E-state index contributed by atoms with van der Waals surface area (Å²) in [5, 5.41) is 3.32. The second-order valence-corrected chi connectivity index (χ2v) is 6.68. The van der Waals surface area contributed by atoms with Gasteiger partial charge in [-0.15, -0.1) is 0 Å². The SMILES string of the molecule is COC1(C(=O)N2CCCC(C(C)C)CC2)CCNCC1. The summed E-state index contributed by atoms with van der Waals surface area (Å²) in [5.41, 5.74) is -0.567. The first-order valence-electron chi connectivity index (χ1n) is 8.14. The summed E-state index contributed by atoms with van der Waals surface area (Å²) in [6, 6.07) is 0. The van der Waals surface area contributed by atoms with E-state index in [-0.39, 0.29) is 5.91 Å². The number of likely N-dealkylation sites (tertiary alicyclic amines) is 1. The normalized spacial score (nSPS) is 27.4. The molecule has 0 radical (unpaired) electrons. The molecule has 0 aromatic heterocycles. The summed E-state index contributed by atoms with van der Waals surface area (Å²) in [6.45, 7) is 8.15. The Hall–Kier alpha value is -0.610. The van der Waals surface area contributed by atoms with Crippen LogP contribution < -0.4 is 5.32 Å². The van der Waals surface area contributed by atoms with Crippen molar-refractivity contribution in [1.82, 2.24) is 10.2 Å². The van der Waals surface area contributed by atoms with Gasteiger partial charge in [-0.2, -0.15) is 0 Å². The van der Waals surface area contributed by atoms with Gasteiger partial charge in [-0.25, -0.2) is 0 Å². The topological polar surface area (TPSA) is 41.6 Å². The largest absolute Gasteiger partial charge is 0.368 e. The van der Waals surface area contributed by atoms with E-state index in [9.17, 15) is 4.79 Å². The third kappa shape index (κ3) is 3.34. The molecule has 1 unspecified atom stereocenters. The average molecular weight is 282 g/mol. The Bertz CT molecular complexity index is 324. The molecule has 1 atom stereocenters. The van der Waals surface area contributed by atoms with Crippen LogP contribution in [0.2, 0.25) is 0 Å². The third-order valence-corrected chi connectivity index (χ3v) is 5.19. The number of ether oxygens (including phenoxy) is 1. The van der Waals surface area contributed by atoms with E-state index < -0.39 is 5.60 Å². The fourth-order valence-corrected chi connectivity index (χ4v) is 3.62. The van der Waals surface area contributed by atoms with Gasteiger partial charge in [0.2, 0.25) is 0 Å². The van der Waals surface area contributed by atoms with Gasteiger partial charge in [-0.05, 0) is 57.0 Å². The summed E-state index contributed by atoms with van der Waals surface area (Å²) in [4.78, 5) is 15.0. The second-order valence-electron chi connectivity index (χ2n) is 6.68. The molecular formula is C16H30N2O2. The van der Waals surface area contributed by atoms with Crippen LogP contribution in [0.3, 0.4) is 0 Å². The lowest BCUT2D eigenvalue weighted by Gasteiger charge is -2.38. The molecular weight excluding hydrogens is 252 g/mol. The van der Waals surface area contributed by atoms with Crippen LogP contribution in [0.5, 0.6) is 0 Å². The van der Waals surface area contributed by atoms with Gasteiger partial charge in [0.1, 0.15) is 5.60 Å². The maximum atomic E-state index is 12.9. The van der Waals surface area contributed by atoms with Crippen molar-refractivity contribution in [2.24, 2.45) is 11.8 Å². The molecule has 0 saturated carbocycles. The van der Waals surface area contributed by atoms with Gasteiger partial charge in [-0.1, -0.05) is 13.8 Å². The Balaban J connectivity index is 2.00. The van der Waals surface area contributed by atoms with Crippen molar-refractivity contribution in [1.29, 1.82) is 0 Å². The van der Waals surface area contributed by atoms with Gasteiger partial charge < -0.3 is 15.0 Å². The maximum Gasteiger partial charge on any atom is 0.254 e. The summed E-state index contributed by atoms with van der Waals surface area (Å²) >= 11 is 0. The van der Waals surface area contributed by atoms with Gasteiger partial charge in [0, 0.05) is 20.2 Å². The zero-order valence-corrected chi connectivity index (χ0v) is 13.3. The lowest BCUT2D eigenvalue weighted by atomic mass is 9.89. The van der Waals surface area contributed by atoms with Gasteiger partial charge >= 0.3 is 0 Å².